The fraction of sp³-hybridized carbons (Fsp3) is 0. The van der Waals surface area contributed by atoms with Gasteiger partial charge in [0.25, 0.3) is 0 Å². The van der Waals surface area contributed by atoms with Gasteiger partial charge in [0.2, 0.25) is 0 Å². The number of nitrogens with zero attached hydrogens (tertiary/aromatic N) is 3. The molecule has 0 N–H and O–H groups in total. The normalized spacial score (nSPS) is 10.5. The topological polar surface area (TPSA) is 30.2 Å². The molecule has 2 aromatic heterocycles. The molecule has 0 fully saturated rings. The van der Waals surface area contributed by atoms with Crippen molar-refractivity contribution in [3.63, 3.8) is 0 Å². The van der Waals surface area contributed by atoms with Crippen LogP contribution in [0.25, 0.3) is 5.65 Å². The summed E-state index contributed by atoms with van der Waals surface area (Å²) in [6, 6.07) is 0. The number of aromatic nitrogens is 3. The maximum Gasteiger partial charge on any atom is 0.155 e. The van der Waals surface area contributed by atoms with Gasteiger partial charge >= 0.3 is 0 Å². The standard InChI is InChI=1S/C6H5N3S/c10-6-4-9-2-1-7-5(9)3-8-6/h1-4,10H. The summed E-state index contributed by atoms with van der Waals surface area (Å²) in [5.41, 5.74) is 0.845. The van der Waals surface area contributed by atoms with Crippen molar-refractivity contribution >= 4 is 18.3 Å². The summed E-state index contributed by atoms with van der Waals surface area (Å²) in [4.78, 5) is 7.99. The summed E-state index contributed by atoms with van der Waals surface area (Å²) in [5.74, 6) is 0. The lowest BCUT2D eigenvalue weighted by molar-refractivity contribution is 1.02. The second kappa shape index (κ2) is 1.98. The van der Waals surface area contributed by atoms with E-state index >= 15 is 0 Å². The van der Waals surface area contributed by atoms with Gasteiger partial charge in [-0.2, -0.15) is 0 Å². The molecule has 0 spiro atoms. The van der Waals surface area contributed by atoms with E-state index in [0.29, 0.717) is 5.03 Å². The zero-order chi connectivity index (χ0) is 6.97. The van der Waals surface area contributed by atoms with Crippen LogP contribution in [0.3, 0.4) is 0 Å². The van der Waals surface area contributed by atoms with Gasteiger partial charge in [-0.15, -0.1) is 12.6 Å². The van der Waals surface area contributed by atoms with Gasteiger partial charge in [-0.3, -0.25) is 0 Å². The minimum absolute atomic E-state index is 0.700. The summed E-state index contributed by atoms with van der Waals surface area (Å²) in [7, 11) is 0. The molecule has 0 atom stereocenters. The molecule has 0 aliphatic carbocycles. The average Bonchev–Trinajstić information content (AvgIpc) is 2.33. The molecule has 0 radical (unpaired) electrons. The maximum atomic E-state index is 4.08. The molecule has 0 amide bonds. The second-order valence-corrected chi connectivity index (χ2v) is 2.40. The Labute approximate surface area is 63.1 Å². The number of hydrogen-bond acceptors (Lipinski definition) is 3. The van der Waals surface area contributed by atoms with E-state index in [-0.39, 0.29) is 0 Å². The van der Waals surface area contributed by atoms with Crippen molar-refractivity contribution in [2.45, 2.75) is 5.03 Å². The highest BCUT2D eigenvalue weighted by atomic mass is 32.1. The summed E-state index contributed by atoms with van der Waals surface area (Å²) >= 11 is 4.08. The Morgan fingerprint density at radius 2 is 2.30 bits per heavy atom. The van der Waals surface area contributed by atoms with Crippen molar-refractivity contribution in [2.75, 3.05) is 0 Å². The van der Waals surface area contributed by atoms with Crippen molar-refractivity contribution in [1.82, 2.24) is 14.4 Å². The highest BCUT2D eigenvalue weighted by molar-refractivity contribution is 7.80. The predicted octanol–water partition coefficient (Wildman–Crippen LogP) is 1.02. The second-order valence-electron chi connectivity index (χ2n) is 1.94. The van der Waals surface area contributed by atoms with Crippen LogP contribution < -0.4 is 0 Å². The van der Waals surface area contributed by atoms with Gasteiger partial charge in [0.15, 0.2) is 5.65 Å². The third kappa shape index (κ3) is 0.769. The predicted molar refractivity (Wildman–Crippen MR) is 40.2 cm³/mol. The van der Waals surface area contributed by atoms with Crippen molar-refractivity contribution in [3.05, 3.63) is 24.8 Å². The lowest BCUT2D eigenvalue weighted by atomic mass is 10.7. The molecule has 3 nitrogen and oxygen atoms in total. The Kier molecular flexibility index (Phi) is 1.14. The molecule has 2 aromatic rings. The van der Waals surface area contributed by atoms with Crippen LogP contribution in [0.5, 0.6) is 0 Å². The number of fused-ring (bicyclic) bond motifs is 1. The molecule has 2 heterocycles. The van der Waals surface area contributed by atoms with Crippen LogP contribution in [0.15, 0.2) is 29.8 Å². The third-order valence-electron chi connectivity index (χ3n) is 1.27. The highest BCUT2D eigenvalue weighted by Gasteiger charge is 1.91. The van der Waals surface area contributed by atoms with Crippen LogP contribution >= 0.6 is 12.6 Å². The van der Waals surface area contributed by atoms with E-state index in [1.807, 2.05) is 16.8 Å². The molecule has 2 rings (SSSR count). The Morgan fingerprint density at radius 1 is 1.40 bits per heavy atom. The van der Waals surface area contributed by atoms with Crippen LogP contribution in [0, 0.1) is 0 Å². The first-order valence-corrected chi connectivity index (χ1v) is 3.29. The van der Waals surface area contributed by atoms with Gasteiger partial charge < -0.3 is 4.40 Å². The smallest absolute Gasteiger partial charge is 0.155 e. The molecule has 4 heteroatoms. The molecule has 0 aliphatic rings. The Hall–Kier alpha value is -1.03. The van der Waals surface area contributed by atoms with E-state index in [1.54, 1.807) is 12.4 Å². The van der Waals surface area contributed by atoms with Gasteiger partial charge in [0.05, 0.1) is 6.20 Å². The van der Waals surface area contributed by atoms with Crippen LogP contribution in [-0.2, 0) is 0 Å². The van der Waals surface area contributed by atoms with Crippen molar-refractivity contribution in [1.29, 1.82) is 0 Å². The molecule has 0 saturated heterocycles. The Bertz CT molecular complexity index is 355. The van der Waals surface area contributed by atoms with E-state index in [0.717, 1.165) is 5.65 Å². The molecule has 10 heavy (non-hydrogen) atoms. The number of hydrogen-bond donors (Lipinski definition) is 1. The van der Waals surface area contributed by atoms with E-state index in [2.05, 4.69) is 22.6 Å². The first-order chi connectivity index (χ1) is 4.86. The monoisotopic (exact) mass is 151 g/mol. The van der Waals surface area contributed by atoms with Crippen molar-refractivity contribution < 1.29 is 0 Å². The fourth-order valence-electron chi connectivity index (χ4n) is 0.815. The van der Waals surface area contributed by atoms with Crippen LogP contribution in [-0.4, -0.2) is 14.4 Å². The average molecular weight is 151 g/mol. The molecule has 50 valence electrons. The van der Waals surface area contributed by atoms with Crippen LogP contribution in [0.1, 0.15) is 0 Å². The molecule has 0 unspecified atom stereocenters. The Morgan fingerprint density at radius 3 is 3.20 bits per heavy atom. The summed E-state index contributed by atoms with van der Waals surface area (Å²) in [6.07, 6.45) is 7.08. The van der Waals surface area contributed by atoms with E-state index < -0.39 is 0 Å². The lowest BCUT2D eigenvalue weighted by Crippen LogP contribution is -1.84. The quantitative estimate of drug-likeness (QED) is 0.570. The van der Waals surface area contributed by atoms with E-state index in [4.69, 9.17) is 0 Å². The molecule has 0 aromatic carbocycles. The summed E-state index contributed by atoms with van der Waals surface area (Å²) < 4.78 is 1.87. The number of imidazole rings is 1. The minimum Gasteiger partial charge on any atom is -0.303 e. The number of rotatable bonds is 0. The largest absolute Gasteiger partial charge is 0.303 e. The van der Waals surface area contributed by atoms with Crippen molar-refractivity contribution in [3.8, 4) is 0 Å². The zero-order valence-electron chi connectivity index (χ0n) is 5.10. The summed E-state index contributed by atoms with van der Waals surface area (Å²) in [6.45, 7) is 0. The van der Waals surface area contributed by atoms with E-state index in [1.165, 1.54) is 0 Å². The maximum absolute atomic E-state index is 4.08. The highest BCUT2D eigenvalue weighted by Crippen LogP contribution is 2.02. The number of thiol groups is 1. The molecule has 0 saturated carbocycles. The van der Waals surface area contributed by atoms with Gasteiger partial charge in [0.1, 0.15) is 5.03 Å². The Balaban J connectivity index is 2.86. The first-order valence-electron chi connectivity index (χ1n) is 2.84. The SMILES string of the molecule is Sc1cn2ccnc2cn1. The van der Waals surface area contributed by atoms with Crippen molar-refractivity contribution in [2.24, 2.45) is 0 Å². The summed E-state index contributed by atoms with van der Waals surface area (Å²) in [5, 5.41) is 0.700. The molecular formula is C6H5N3S. The van der Waals surface area contributed by atoms with Gasteiger partial charge in [-0.25, -0.2) is 9.97 Å². The van der Waals surface area contributed by atoms with E-state index in [9.17, 15) is 0 Å². The van der Waals surface area contributed by atoms with Gasteiger partial charge in [0, 0.05) is 18.6 Å². The molecular weight excluding hydrogens is 146 g/mol. The minimum atomic E-state index is 0.700. The fourth-order valence-corrected chi connectivity index (χ4v) is 0.997. The molecule has 0 aliphatic heterocycles. The third-order valence-corrected chi connectivity index (χ3v) is 1.50. The van der Waals surface area contributed by atoms with Gasteiger partial charge in [-0.1, -0.05) is 0 Å². The molecule has 0 bridgehead atoms. The lowest BCUT2D eigenvalue weighted by Gasteiger charge is -1.91. The van der Waals surface area contributed by atoms with Crippen LogP contribution in [0.4, 0.5) is 0 Å². The zero-order valence-corrected chi connectivity index (χ0v) is 5.99. The van der Waals surface area contributed by atoms with Gasteiger partial charge in [-0.05, 0) is 0 Å². The first kappa shape index (κ1) is 5.73. The van der Waals surface area contributed by atoms with Crippen LogP contribution in [0.2, 0.25) is 0 Å².